The van der Waals surface area contributed by atoms with Crippen molar-refractivity contribution in [2.45, 2.75) is 12.1 Å². The molecule has 27 heavy (non-hydrogen) atoms. The maximum absolute atomic E-state index is 13.1. The Morgan fingerprint density at radius 2 is 1.85 bits per heavy atom. The van der Waals surface area contributed by atoms with Gasteiger partial charge in [-0.25, -0.2) is 8.78 Å². The Morgan fingerprint density at radius 3 is 2.52 bits per heavy atom. The summed E-state index contributed by atoms with van der Waals surface area (Å²) < 4.78 is 31.7. The molecule has 0 bridgehead atoms. The molecule has 0 saturated carbocycles. The molecule has 3 aromatic rings. The van der Waals surface area contributed by atoms with Crippen LogP contribution in [0.4, 0.5) is 14.5 Å². The number of carbonyl (C=O) groups is 1. The van der Waals surface area contributed by atoms with Crippen LogP contribution in [0.3, 0.4) is 0 Å². The van der Waals surface area contributed by atoms with Crippen molar-refractivity contribution in [2.75, 3.05) is 17.7 Å². The molecule has 6 nitrogen and oxygen atoms in total. The van der Waals surface area contributed by atoms with Gasteiger partial charge in [0.2, 0.25) is 5.91 Å². The van der Waals surface area contributed by atoms with Crippen LogP contribution in [0.25, 0.3) is 11.4 Å². The highest BCUT2D eigenvalue weighted by Gasteiger charge is 2.10. The lowest BCUT2D eigenvalue weighted by atomic mass is 10.2. The molecule has 0 atom stereocenters. The van der Waals surface area contributed by atoms with Crippen LogP contribution in [0, 0.1) is 11.6 Å². The molecule has 0 spiro atoms. The average Bonchev–Trinajstić information content (AvgIpc) is 3.09. The zero-order valence-corrected chi connectivity index (χ0v) is 15.1. The largest absolute Gasteiger partial charge is 0.494 e. The Bertz CT molecular complexity index is 911. The van der Waals surface area contributed by atoms with Gasteiger partial charge in [-0.3, -0.25) is 4.79 Å². The molecule has 2 aromatic carbocycles. The molecular weight excluding hydrogens is 374 g/mol. The van der Waals surface area contributed by atoms with E-state index in [0.717, 1.165) is 41.3 Å². The fourth-order valence-electron chi connectivity index (χ4n) is 2.27. The first-order valence-corrected chi connectivity index (χ1v) is 9.06. The molecule has 0 fully saturated rings. The van der Waals surface area contributed by atoms with Gasteiger partial charge in [0, 0.05) is 17.3 Å². The fourth-order valence-corrected chi connectivity index (χ4v) is 2.88. The number of benzene rings is 2. The fraction of sp³-hybridized carbons (Fsp3) is 0.167. The van der Waals surface area contributed by atoms with Crippen LogP contribution in [0.5, 0.6) is 5.75 Å². The lowest BCUT2D eigenvalue weighted by Gasteiger charge is -2.04. The van der Waals surface area contributed by atoms with E-state index in [0.29, 0.717) is 17.6 Å². The van der Waals surface area contributed by atoms with Gasteiger partial charge in [-0.1, -0.05) is 11.8 Å². The summed E-state index contributed by atoms with van der Waals surface area (Å²) in [6, 6.07) is 10.2. The number of hydrogen-bond donors (Lipinski definition) is 2. The smallest absolute Gasteiger partial charge is 0.234 e. The molecule has 2 N–H and O–H groups in total. The highest BCUT2D eigenvalue weighted by Crippen LogP contribution is 2.22. The van der Waals surface area contributed by atoms with Crippen LogP contribution in [0.2, 0.25) is 0 Å². The second kappa shape index (κ2) is 8.63. The lowest BCUT2D eigenvalue weighted by Crippen LogP contribution is -2.14. The van der Waals surface area contributed by atoms with Gasteiger partial charge in [0.05, 0.1) is 12.4 Å². The highest BCUT2D eigenvalue weighted by atomic mass is 32.2. The number of aromatic nitrogens is 3. The Hall–Kier alpha value is -2.94. The summed E-state index contributed by atoms with van der Waals surface area (Å²) in [5.41, 5.74) is 0.892. The van der Waals surface area contributed by atoms with E-state index >= 15 is 0 Å². The van der Waals surface area contributed by atoms with E-state index in [2.05, 4.69) is 20.5 Å². The molecule has 0 aliphatic carbocycles. The molecule has 0 aliphatic rings. The number of amides is 1. The van der Waals surface area contributed by atoms with Gasteiger partial charge in [-0.15, -0.1) is 10.2 Å². The Kier molecular flexibility index (Phi) is 6.02. The first-order chi connectivity index (χ1) is 13.0. The molecule has 0 unspecified atom stereocenters. The van der Waals surface area contributed by atoms with E-state index in [9.17, 15) is 13.6 Å². The molecule has 0 radical (unpaired) electrons. The summed E-state index contributed by atoms with van der Waals surface area (Å²) in [7, 11) is 0. The van der Waals surface area contributed by atoms with Crippen LogP contribution < -0.4 is 10.1 Å². The molecule has 1 aromatic heterocycles. The summed E-state index contributed by atoms with van der Waals surface area (Å²) in [6.45, 7) is 2.50. The number of carbonyl (C=O) groups excluding carboxylic acids is 1. The first kappa shape index (κ1) is 18.8. The zero-order valence-electron chi connectivity index (χ0n) is 14.3. The van der Waals surface area contributed by atoms with Crippen LogP contribution >= 0.6 is 11.8 Å². The Labute approximate surface area is 158 Å². The van der Waals surface area contributed by atoms with Crippen molar-refractivity contribution in [1.29, 1.82) is 0 Å². The Morgan fingerprint density at radius 1 is 1.15 bits per heavy atom. The molecule has 3 rings (SSSR count). The SMILES string of the molecule is CCOc1ccc(-c2nnc(SCC(=O)Nc3cc(F)cc(F)c3)[nH]2)cc1. The van der Waals surface area contributed by atoms with E-state index < -0.39 is 17.5 Å². The zero-order chi connectivity index (χ0) is 19.2. The van der Waals surface area contributed by atoms with Crippen molar-refractivity contribution < 1.29 is 18.3 Å². The number of nitrogens with one attached hydrogen (secondary N) is 2. The summed E-state index contributed by atoms with van der Waals surface area (Å²) in [5, 5.41) is 10.9. The molecule has 1 heterocycles. The number of rotatable bonds is 7. The quantitative estimate of drug-likeness (QED) is 0.599. The van der Waals surface area contributed by atoms with Crippen molar-refractivity contribution in [3.63, 3.8) is 0 Å². The van der Waals surface area contributed by atoms with Crippen molar-refractivity contribution in [1.82, 2.24) is 15.2 Å². The summed E-state index contributed by atoms with van der Waals surface area (Å²) in [6.07, 6.45) is 0. The van der Waals surface area contributed by atoms with Gasteiger partial charge < -0.3 is 15.0 Å². The van der Waals surface area contributed by atoms with Gasteiger partial charge in [0.1, 0.15) is 17.4 Å². The maximum Gasteiger partial charge on any atom is 0.234 e. The molecule has 9 heteroatoms. The number of thioether (sulfide) groups is 1. The van der Waals surface area contributed by atoms with Crippen LogP contribution in [-0.4, -0.2) is 33.4 Å². The number of aromatic amines is 1. The number of halogens is 2. The monoisotopic (exact) mass is 390 g/mol. The summed E-state index contributed by atoms with van der Waals surface area (Å²) in [4.78, 5) is 14.9. The molecule has 0 aliphatic heterocycles. The van der Waals surface area contributed by atoms with Crippen molar-refractivity contribution in [3.8, 4) is 17.1 Å². The molecule has 140 valence electrons. The second-order valence-corrected chi connectivity index (χ2v) is 6.40. The summed E-state index contributed by atoms with van der Waals surface area (Å²) in [5.74, 6) is -0.588. The minimum Gasteiger partial charge on any atom is -0.494 e. The minimum atomic E-state index is -0.756. The molecule has 0 saturated heterocycles. The average molecular weight is 390 g/mol. The third-order valence-corrected chi connectivity index (χ3v) is 4.25. The predicted octanol–water partition coefficient (Wildman–Crippen LogP) is 3.88. The van der Waals surface area contributed by atoms with Gasteiger partial charge in [0.25, 0.3) is 0 Å². The maximum atomic E-state index is 13.1. The summed E-state index contributed by atoms with van der Waals surface area (Å²) >= 11 is 1.13. The Balaban J connectivity index is 1.56. The van der Waals surface area contributed by atoms with Gasteiger partial charge >= 0.3 is 0 Å². The van der Waals surface area contributed by atoms with Gasteiger partial charge in [-0.05, 0) is 43.3 Å². The molecule has 1 amide bonds. The first-order valence-electron chi connectivity index (χ1n) is 8.08. The lowest BCUT2D eigenvalue weighted by molar-refractivity contribution is -0.113. The highest BCUT2D eigenvalue weighted by molar-refractivity contribution is 7.99. The van der Waals surface area contributed by atoms with Crippen molar-refractivity contribution in [2.24, 2.45) is 0 Å². The van der Waals surface area contributed by atoms with E-state index in [1.165, 1.54) is 0 Å². The van der Waals surface area contributed by atoms with Gasteiger partial charge in [0.15, 0.2) is 11.0 Å². The van der Waals surface area contributed by atoms with Crippen LogP contribution in [-0.2, 0) is 4.79 Å². The van der Waals surface area contributed by atoms with Crippen LogP contribution in [0.15, 0.2) is 47.6 Å². The van der Waals surface area contributed by atoms with Crippen molar-refractivity contribution in [3.05, 3.63) is 54.1 Å². The van der Waals surface area contributed by atoms with E-state index in [1.54, 1.807) is 0 Å². The number of anilines is 1. The number of H-pyrrole nitrogens is 1. The third kappa shape index (κ3) is 5.27. The molecular formula is C18H16F2N4O2S. The van der Waals surface area contributed by atoms with E-state index in [-0.39, 0.29) is 11.4 Å². The van der Waals surface area contributed by atoms with E-state index in [4.69, 9.17) is 4.74 Å². The van der Waals surface area contributed by atoms with Gasteiger partial charge in [-0.2, -0.15) is 0 Å². The third-order valence-electron chi connectivity index (χ3n) is 3.39. The number of ether oxygens (including phenoxy) is 1. The minimum absolute atomic E-state index is 0.00996. The normalized spacial score (nSPS) is 10.6. The number of hydrogen-bond acceptors (Lipinski definition) is 5. The van der Waals surface area contributed by atoms with Crippen LogP contribution in [0.1, 0.15) is 6.92 Å². The van der Waals surface area contributed by atoms with E-state index in [1.807, 2.05) is 31.2 Å². The number of nitrogens with zero attached hydrogens (tertiary/aromatic N) is 2. The second-order valence-electron chi connectivity index (χ2n) is 5.43. The standard InChI is InChI=1S/C18H16F2N4O2S/c1-2-26-15-5-3-11(4-6-15)17-22-18(24-23-17)27-10-16(25)21-14-8-12(19)7-13(20)9-14/h3-9H,2,10H2,1H3,(H,21,25)(H,22,23,24). The topological polar surface area (TPSA) is 79.9 Å². The van der Waals surface area contributed by atoms with Crippen molar-refractivity contribution >= 4 is 23.4 Å². The predicted molar refractivity (Wildman–Crippen MR) is 98.7 cm³/mol.